The Balaban J connectivity index is -0.0000000450. The topological polar surface area (TPSA) is 0 Å². The van der Waals surface area contributed by atoms with Crippen molar-refractivity contribution in [3.63, 3.8) is 0 Å². The molecule has 0 saturated heterocycles. The third-order valence-electron chi connectivity index (χ3n) is 0.177. The SMILES string of the molecule is [C-]#CCC.[Cl-].[Mg+2]. The fraction of sp³-hybridized carbons (Fsp3) is 0.500. The van der Waals surface area contributed by atoms with Gasteiger partial charge < -0.3 is 24.8 Å². The number of halogens is 1. The van der Waals surface area contributed by atoms with Crippen molar-refractivity contribution in [3.05, 3.63) is 6.42 Å². The summed E-state index contributed by atoms with van der Waals surface area (Å²) in [5.74, 6) is 2.18. The van der Waals surface area contributed by atoms with E-state index in [0.717, 1.165) is 6.42 Å². The van der Waals surface area contributed by atoms with Crippen LogP contribution >= 0.6 is 0 Å². The molecule has 0 spiro atoms. The molecule has 0 unspecified atom stereocenters. The van der Waals surface area contributed by atoms with E-state index in [-0.39, 0.29) is 35.5 Å². The first-order valence-electron chi connectivity index (χ1n) is 1.31. The zero-order chi connectivity index (χ0) is 3.41. The molecule has 0 atom stereocenters. The number of rotatable bonds is 0. The van der Waals surface area contributed by atoms with Crippen LogP contribution in [-0.2, 0) is 0 Å². The molecule has 30 valence electrons. The van der Waals surface area contributed by atoms with E-state index in [1.54, 1.807) is 0 Å². The summed E-state index contributed by atoms with van der Waals surface area (Å²) in [6, 6.07) is 0. The van der Waals surface area contributed by atoms with E-state index in [1.807, 2.05) is 6.92 Å². The fourth-order valence-corrected chi connectivity index (χ4v) is 0. The summed E-state index contributed by atoms with van der Waals surface area (Å²) in [4.78, 5) is 0. The first-order valence-corrected chi connectivity index (χ1v) is 1.31. The van der Waals surface area contributed by atoms with E-state index in [0.29, 0.717) is 0 Å². The minimum atomic E-state index is 0. The molecule has 0 N–H and O–H groups in total. The molecule has 0 aromatic carbocycles. The van der Waals surface area contributed by atoms with Crippen molar-refractivity contribution in [3.8, 4) is 5.92 Å². The van der Waals surface area contributed by atoms with Crippen LogP contribution in [0.15, 0.2) is 0 Å². The Morgan fingerprint density at radius 1 is 1.67 bits per heavy atom. The molecule has 0 aromatic rings. The van der Waals surface area contributed by atoms with Gasteiger partial charge in [0.2, 0.25) is 0 Å². The second-order valence-electron chi connectivity index (χ2n) is 0.530. The minimum absolute atomic E-state index is 0. The Morgan fingerprint density at radius 3 is 1.83 bits per heavy atom. The maximum atomic E-state index is 6.20. The van der Waals surface area contributed by atoms with Crippen LogP contribution in [0.2, 0.25) is 0 Å². The molecule has 0 fully saturated rings. The molecule has 0 saturated carbocycles. The van der Waals surface area contributed by atoms with Crippen molar-refractivity contribution in [1.29, 1.82) is 0 Å². The van der Waals surface area contributed by atoms with Crippen LogP contribution in [0.3, 0.4) is 0 Å². The minimum Gasteiger partial charge on any atom is -1.00 e. The van der Waals surface area contributed by atoms with Gasteiger partial charge in [-0.3, -0.25) is 0 Å². The Kier molecular flexibility index (Phi) is 46.5. The van der Waals surface area contributed by atoms with E-state index in [4.69, 9.17) is 6.42 Å². The van der Waals surface area contributed by atoms with Crippen LogP contribution in [0, 0.1) is 12.3 Å². The van der Waals surface area contributed by atoms with Crippen LogP contribution < -0.4 is 12.4 Å². The Hall–Kier alpha value is 0.616. The van der Waals surface area contributed by atoms with Crippen molar-refractivity contribution >= 4 is 23.1 Å². The van der Waals surface area contributed by atoms with Gasteiger partial charge in [-0.1, -0.05) is 6.92 Å². The third-order valence-corrected chi connectivity index (χ3v) is 0.177. The van der Waals surface area contributed by atoms with Gasteiger partial charge in [-0.05, 0) is 6.42 Å². The Labute approximate surface area is 61.3 Å². The molecule has 0 aromatic heterocycles. The van der Waals surface area contributed by atoms with E-state index >= 15 is 0 Å². The molecule has 0 rings (SSSR count). The van der Waals surface area contributed by atoms with Crippen LogP contribution in [0.4, 0.5) is 0 Å². The maximum absolute atomic E-state index is 6.20. The molecular formula is C4H5ClMg. The molecule has 2 heteroatoms. The van der Waals surface area contributed by atoms with Gasteiger partial charge in [0.1, 0.15) is 0 Å². The number of hydrogen-bond donors (Lipinski definition) is 0. The second-order valence-corrected chi connectivity index (χ2v) is 0.530. The molecule has 6 heavy (non-hydrogen) atoms. The van der Waals surface area contributed by atoms with Crippen molar-refractivity contribution < 1.29 is 12.4 Å². The smallest absolute Gasteiger partial charge is 1.00 e. The summed E-state index contributed by atoms with van der Waals surface area (Å²) < 4.78 is 0. The summed E-state index contributed by atoms with van der Waals surface area (Å²) in [5, 5.41) is 0. The van der Waals surface area contributed by atoms with Gasteiger partial charge in [0, 0.05) is 0 Å². The molecule has 0 radical (unpaired) electrons. The largest absolute Gasteiger partial charge is 2.00 e. The number of hydrogen-bond acceptors (Lipinski definition) is 0. The zero-order valence-electron chi connectivity index (χ0n) is 3.79. The predicted molar refractivity (Wildman–Crippen MR) is 23.2 cm³/mol. The van der Waals surface area contributed by atoms with Crippen molar-refractivity contribution in [2.75, 3.05) is 0 Å². The summed E-state index contributed by atoms with van der Waals surface area (Å²) in [6.45, 7) is 1.88. The molecule has 0 aliphatic heterocycles. The maximum Gasteiger partial charge on any atom is 2.00 e. The van der Waals surface area contributed by atoms with Gasteiger partial charge in [-0.2, -0.15) is 0 Å². The van der Waals surface area contributed by atoms with Gasteiger partial charge >= 0.3 is 23.1 Å². The molecule has 0 aliphatic carbocycles. The monoisotopic (exact) mass is 112 g/mol. The first kappa shape index (κ1) is 16.0. The van der Waals surface area contributed by atoms with E-state index in [2.05, 4.69) is 5.92 Å². The summed E-state index contributed by atoms with van der Waals surface area (Å²) in [6.07, 6.45) is 6.94. The standard InChI is InChI=1S/C4H5.ClH.Mg/c1-3-4-2;;/h3H2,1H3;1H;/q-1;;+2/p-1. The van der Waals surface area contributed by atoms with Crippen LogP contribution in [-0.4, -0.2) is 23.1 Å². The second kappa shape index (κ2) is 17.5. The predicted octanol–water partition coefficient (Wildman–Crippen LogP) is -2.39. The Bertz CT molecular complexity index is 37.3. The van der Waals surface area contributed by atoms with Crippen LogP contribution in [0.25, 0.3) is 0 Å². The third kappa shape index (κ3) is 23.1. The normalized spacial score (nSPS) is 3.33. The molecular weight excluding hydrogens is 108 g/mol. The van der Waals surface area contributed by atoms with Gasteiger partial charge in [-0.15, -0.1) is 0 Å². The van der Waals surface area contributed by atoms with E-state index in [1.165, 1.54) is 0 Å². The quantitative estimate of drug-likeness (QED) is 0.187. The van der Waals surface area contributed by atoms with Crippen LogP contribution in [0.1, 0.15) is 13.3 Å². The van der Waals surface area contributed by atoms with E-state index < -0.39 is 0 Å². The average molecular weight is 113 g/mol. The summed E-state index contributed by atoms with van der Waals surface area (Å²) in [7, 11) is 0. The van der Waals surface area contributed by atoms with Gasteiger partial charge in [0.05, 0.1) is 0 Å². The summed E-state index contributed by atoms with van der Waals surface area (Å²) >= 11 is 0. The van der Waals surface area contributed by atoms with Gasteiger partial charge in [0.25, 0.3) is 0 Å². The Morgan fingerprint density at radius 2 is 1.83 bits per heavy atom. The van der Waals surface area contributed by atoms with Crippen molar-refractivity contribution in [1.82, 2.24) is 0 Å². The average Bonchev–Trinajstić information content (AvgIpc) is 1.37. The summed E-state index contributed by atoms with van der Waals surface area (Å²) in [5.41, 5.74) is 0. The first-order chi connectivity index (χ1) is 1.91. The molecule has 0 nitrogen and oxygen atoms in total. The fourth-order valence-electron chi connectivity index (χ4n) is 0. The van der Waals surface area contributed by atoms with Crippen LogP contribution in [0.5, 0.6) is 0 Å². The molecule has 0 amide bonds. The molecule has 0 aliphatic rings. The zero-order valence-corrected chi connectivity index (χ0v) is 5.96. The van der Waals surface area contributed by atoms with Gasteiger partial charge in [-0.25, -0.2) is 0 Å². The molecule has 0 heterocycles. The van der Waals surface area contributed by atoms with Crippen molar-refractivity contribution in [2.45, 2.75) is 13.3 Å². The molecule has 0 bridgehead atoms. The van der Waals surface area contributed by atoms with Gasteiger partial charge in [0.15, 0.2) is 0 Å². The van der Waals surface area contributed by atoms with E-state index in [9.17, 15) is 0 Å². The van der Waals surface area contributed by atoms with Crippen molar-refractivity contribution in [2.24, 2.45) is 0 Å².